The lowest BCUT2D eigenvalue weighted by molar-refractivity contribution is 0.577. The molecule has 1 unspecified atom stereocenters. The number of hydrogen-bond donors (Lipinski definition) is 1. The van der Waals surface area contributed by atoms with Crippen molar-refractivity contribution in [2.75, 3.05) is 6.54 Å². The highest BCUT2D eigenvalue weighted by Gasteiger charge is 2.11. The monoisotopic (exact) mass is 280 g/mol. The van der Waals surface area contributed by atoms with E-state index in [2.05, 4.69) is 24.1 Å². The third-order valence-corrected chi connectivity index (χ3v) is 4.30. The van der Waals surface area contributed by atoms with Gasteiger partial charge >= 0.3 is 0 Å². The van der Waals surface area contributed by atoms with Crippen LogP contribution < -0.4 is 5.32 Å². The summed E-state index contributed by atoms with van der Waals surface area (Å²) in [4.78, 5) is 5.72. The van der Waals surface area contributed by atoms with E-state index < -0.39 is 0 Å². The van der Waals surface area contributed by atoms with Crippen LogP contribution in [0, 0.1) is 0 Å². The van der Waals surface area contributed by atoms with Crippen molar-refractivity contribution in [1.82, 2.24) is 10.3 Å². The number of nitrogens with zero attached hydrogens (tertiary/aromatic N) is 1. The van der Waals surface area contributed by atoms with E-state index in [1.807, 2.05) is 30.5 Å². The number of aromatic nitrogens is 1. The normalized spacial score (nSPS) is 12.6. The van der Waals surface area contributed by atoms with E-state index in [-0.39, 0.29) is 0 Å². The van der Waals surface area contributed by atoms with Crippen LogP contribution >= 0.6 is 22.9 Å². The summed E-state index contributed by atoms with van der Waals surface area (Å²) in [7, 11) is 0. The zero-order valence-electron chi connectivity index (χ0n) is 10.6. The first kappa shape index (κ1) is 13.5. The molecule has 18 heavy (non-hydrogen) atoms. The lowest BCUT2D eigenvalue weighted by atomic mass is 10.2. The van der Waals surface area contributed by atoms with Gasteiger partial charge in [0.2, 0.25) is 0 Å². The second-order valence-electron chi connectivity index (χ2n) is 4.22. The van der Waals surface area contributed by atoms with Crippen molar-refractivity contribution in [3.05, 3.63) is 40.4 Å². The Labute approximate surface area is 117 Å². The molecule has 1 aromatic heterocycles. The maximum absolute atomic E-state index is 6.18. The summed E-state index contributed by atoms with van der Waals surface area (Å²) in [5.41, 5.74) is 1.01. The van der Waals surface area contributed by atoms with Crippen LogP contribution in [-0.2, 0) is 0 Å². The molecular weight excluding hydrogens is 264 g/mol. The molecule has 0 spiro atoms. The maximum Gasteiger partial charge on any atom is 0.125 e. The fourth-order valence-corrected chi connectivity index (χ4v) is 2.97. The Morgan fingerprint density at radius 2 is 2.17 bits per heavy atom. The first-order valence-corrected chi connectivity index (χ1v) is 7.35. The highest BCUT2D eigenvalue weighted by Crippen LogP contribution is 2.32. The average molecular weight is 281 g/mol. The number of thiazole rings is 1. The van der Waals surface area contributed by atoms with Gasteiger partial charge in [-0.3, -0.25) is 0 Å². The summed E-state index contributed by atoms with van der Waals surface area (Å²) in [6.45, 7) is 5.36. The van der Waals surface area contributed by atoms with Gasteiger partial charge in [0.1, 0.15) is 5.01 Å². The third kappa shape index (κ3) is 3.10. The minimum absolute atomic E-state index is 0.346. The van der Waals surface area contributed by atoms with Gasteiger partial charge in [-0.25, -0.2) is 4.98 Å². The third-order valence-electron chi connectivity index (χ3n) is 2.76. The van der Waals surface area contributed by atoms with Crippen LogP contribution in [-0.4, -0.2) is 11.5 Å². The molecule has 2 aromatic rings. The average Bonchev–Trinajstić information content (AvgIpc) is 2.86. The Kier molecular flexibility index (Phi) is 4.75. The number of benzene rings is 1. The second kappa shape index (κ2) is 6.32. The molecule has 2 nitrogen and oxygen atoms in total. The van der Waals surface area contributed by atoms with E-state index in [4.69, 9.17) is 11.6 Å². The molecule has 0 bridgehead atoms. The molecule has 1 heterocycles. The molecular formula is C14H17ClN2S. The lowest BCUT2D eigenvalue weighted by Gasteiger charge is -2.09. The molecule has 0 aliphatic carbocycles. The van der Waals surface area contributed by atoms with Crippen molar-refractivity contribution >= 4 is 22.9 Å². The van der Waals surface area contributed by atoms with Crippen LogP contribution in [0.2, 0.25) is 5.02 Å². The van der Waals surface area contributed by atoms with Crippen LogP contribution in [0.25, 0.3) is 10.6 Å². The topological polar surface area (TPSA) is 24.9 Å². The first-order valence-electron chi connectivity index (χ1n) is 6.16. The smallest absolute Gasteiger partial charge is 0.125 e. The van der Waals surface area contributed by atoms with Crippen LogP contribution in [0.15, 0.2) is 30.5 Å². The Morgan fingerprint density at radius 3 is 2.89 bits per heavy atom. The molecule has 96 valence electrons. The van der Waals surface area contributed by atoms with Gasteiger partial charge < -0.3 is 5.32 Å². The molecule has 0 fully saturated rings. The van der Waals surface area contributed by atoms with Crippen LogP contribution in [0.5, 0.6) is 0 Å². The molecule has 0 saturated heterocycles. The minimum atomic E-state index is 0.346. The number of halogens is 1. The van der Waals surface area contributed by atoms with Gasteiger partial charge in [-0.15, -0.1) is 11.3 Å². The summed E-state index contributed by atoms with van der Waals surface area (Å²) < 4.78 is 0. The molecule has 0 radical (unpaired) electrons. The van der Waals surface area contributed by atoms with Crippen LogP contribution in [0.1, 0.15) is 31.2 Å². The molecule has 1 N–H and O–H groups in total. The van der Waals surface area contributed by atoms with Crippen LogP contribution in [0.3, 0.4) is 0 Å². The van der Waals surface area contributed by atoms with Crippen LogP contribution in [0.4, 0.5) is 0 Å². The van der Waals surface area contributed by atoms with Crippen molar-refractivity contribution < 1.29 is 0 Å². The van der Waals surface area contributed by atoms with Gasteiger partial charge in [-0.05, 0) is 26.0 Å². The van der Waals surface area contributed by atoms with Gasteiger partial charge in [0.05, 0.1) is 5.02 Å². The summed E-state index contributed by atoms with van der Waals surface area (Å²) in [5, 5.41) is 5.21. The number of nitrogens with one attached hydrogen (secondary N) is 1. The van der Waals surface area contributed by atoms with E-state index in [0.29, 0.717) is 6.04 Å². The molecule has 0 aliphatic rings. The molecule has 0 amide bonds. The lowest BCUT2D eigenvalue weighted by Crippen LogP contribution is -2.18. The fourth-order valence-electron chi connectivity index (χ4n) is 1.71. The Morgan fingerprint density at radius 1 is 1.39 bits per heavy atom. The quantitative estimate of drug-likeness (QED) is 0.871. The molecule has 0 saturated carbocycles. The Hall–Kier alpha value is -0.900. The molecule has 0 aliphatic heterocycles. The van der Waals surface area contributed by atoms with E-state index in [9.17, 15) is 0 Å². The van der Waals surface area contributed by atoms with E-state index in [1.165, 1.54) is 4.88 Å². The van der Waals surface area contributed by atoms with Crippen molar-refractivity contribution in [2.24, 2.45) is 0 Å². The SMILES string of the molecule is CCCNC(C)c1cnc(-c2ccccc2Cl)s1. The molecule has 2 rings (SSSR count). The largest absolute Gasteiger partial charge is 0.309 e. The highest BCUT2D eigenvalue weighted by atomic mass is 35.5. The van der Waals surface area contributed by atoms with E-state index in [0.717, 1.165) is 28.6 Å². The first-order chi connectivity index (χ1) is 8.72. The zero-order valence-corrected chi connectivity index (χ0v) is 12.2. The fraction of sp³-hybridized carbons (Fsp3) is 0.357. The Balaban J connectivity index is 2.18. The predicted molar refractivity (Wildman–Crippen MR) is 79.3 cm³/mol. The molecule has 1 atom stereocenters. The van der Waals surface area contributed by atoms with Gasteiger partial charge in [-0.1, -0.05) is 36.7 Å². The standard InChI is InChI=1S/C14H17ClN2S/c1-3-8-16-10(2)13-9-17-14(18-13)11-6-4-5-7-12(11)15/h4-7,9-10,16H,3,8H2,1-2H3. The number of hydrogen-bond acceptors (Lipinski definition) is 3. The summed E-state index contributed by atoms with van der Waals surface area (Å²) in [6, 6.07) is 8.18. The van der Waals surface area contributed by atoms with Crippen molar-refractivity contribution in [2.45, 2.75) is 26.3 Å². The summed E-state index contributed by atoms with van der Waals surface area (Å²) in [6.07, 6.45) is 3.08. The van der Waals surface area contributed by atoms with Crippen molar-refractivity contribution in [3.63, 3.8) is 0 Å². The Bertz CT molecular complexity index is 510. The zero-order chi connectivity index (χ0) is 13.0. The second-order valence-corrected chi connectivity index (χ2v) is 5.69. The van der Waals surface area contributed by atoms with E-state index in [1.54, 1.807) is 11.3 Å². The van der Waals surface area contributed by atoms with E-state index >= 15 is 0 Å². The summed E-state index contributed by atoms with van der Waals surface area (Å²) in [5.74, 6) is 0. The predicted octanol–water partition coefficient (Wildman–Crippen LogP) is 4.52. The number of rotatable bonds is 5. The van der Waals surface area contributed by atoms with Crippen molar-refractivity contribution in [1.29, 1.82) is 0 Å². The highest BCUT2D eigenvalue weighted by molar-refractivity contribution is 7.15. The van der Waals surface area contributed by atoms with Crippen molar-refractivity contribution in [3.8, 4) is 10.6 Å². The van der Waals surface area contributed by atoms with Gasteiger partial charge in [-0.2, -0.15) is 0 Å². The minimum Gasteiger partial charge on any atom is -0.309 e. The maximum atomic E-state index is 6.18. The molecule has 4 heteroatoms. The summed E-state index contributed by atoms with van der Waals surface area (Å²) >= 11 is 7.88. The van der Waals surface area contributed by atoms with Gasteiger partial charge in [0.15, 0.2) is 0 Å². The van der Waals surface area contributed by atoms with Gasteiger partial charge in [0, 0.05) is 22.7 Å². The molecule has 1 aromatic carbocycles. The van der Waals surface area contributed by atoms with Gasteiger partial charge in [0.25, 0.3) is 0 Å².